The van der Waals surface area contributed by atoms with Gasteiger partial charge in [-0.1, -0.05) is 5.16 Å². The van der Waals surface area contributed by atoms with E-state index in [9.17, 15) is 0 Å². The van der Waals surface area contributed by atoms with E-state index in [-0.39, 0.29) is 11.7 Å². The lowest BCUT2D eigenvalue weighted by Crippen LogP contribution is -2.15. The lowest BCUT2D eigenvalue weighted by atomic mass is 10.3. The van der Waals surface area contributed by atoms with E-state index in [1.165, 1.54) is 18.5 Å². The number of nitrogens with two attached hydrogens (primary N) is 1. The Labute approximate surface area is 110 Å². The maximum Gasteiger partial charge on any atom is 0.250 e. The smallest absolute Gasteiger partial charge is 0.250 e. The number of rotatable bonds is 3. The highest BCUT2D eigenvalue weighted by molar-refractivity contribution is 9.10. The van der Waals surface area contributed by atoms with Gasteiger partial charge in [-0.2, -0.15) is 5.10 Å². The highest BCUT2D eigenvalue weighted by Gasteiger charge is 2.11. The standard InChI is InChI=1S/C10H8BrN5O2/c11-6-3-7(5-13-4-6)18-10-8(9(12)16-17)1-2-14-15-10/h1-5,17H,(H2,12,16). The van der Waals surface area contributed by atoms with Crippen LogP contribution in [0.5, 0.6) is 11.6 Å². The fourth-order valence-corrected chi connectivity index (χ4v) is 1.55. The Morgan fingerprint density at radius 2 is 2.28 bits per heavy atom. The summed E-state index contributed by atoms with van der Waals surface area (Å²) in [6.07, 6.45) is 4.54. The number of nitrogens with zero attached hydrogens (tertiary/aromatic N) is 4. The van der Waals surface area contributed by atoms with E-state index in [2.05, 4.69) is 36.3 Å². The first kappa shape index (κ1) is 12.2. The van der Waals surface area contributed by atoms with Crippen LogP contribution in [0.15, 0.2) is 40.4 Å². The van der Waals surface area contributed by atoms with Crippen molar-refractivity contribution < 1.29 is 9.94 Å². The van der Waals surface area contributed by atoms with E-state index in [0.717, 1.165) is 4.47 Å². The molecular weight excluding hydrogens is 302 g/mol. The molecule has 0 atom stereocenters. The van der Waals surface area contributed by atoms with E-state index in [4.69, 9.17) is 15.7 Å². The average molecular weight is 310 g/mol. The largest absolute Gasteiger partial charge is 0.435 e. The number of halogens is 1. The molecule has 0 saturated heterocycles. The molecule has 2 aromatic heterocycles. The summed E-state index contributed by atoms with van der Waals surface area (Å²) in [5, 5.41) is 19.0. The quantitative estimate of drug-likeness (QED) is 0.385. The SMILES string of the molecule is N/C(=N/O)c1ccnnc1Oc1cncc(Br)c1. The summed E-state index contributed by atoms with van der Waals surface area (Å²) >= 11 is 3.27. The van der Waals surface area contributed by atoms with Crippen molar-refractivity contribution in [3.63, 3.8) is 0 Å². The molecule has 2 rings (SSSR count). The molecule has 0 aliphatic rings. The van der Waals surface area contributed by atoms with Crippen molar-refractivity contribution in [1.82, 2.24) is 15.2 Å². The summed E-state index contributed by atoms with van der Waals surface area (Å²) in [6.45, 7) is 0. The van der Waals surface area contributed by atoms with Gasteiger partial charge in [0.25, 0.3) is 0 Å². The Morgan fingerprint density at radius 3 is 3.00 bits per heavy atom. The van der Waals surface area contributed by atoms with Crippen LogP contribution in [0, 0.1) is 0 Å². The molecule has 0 bridgehead atoms. The molecule has 0 spiro atoms. The van der Waals surface area contributed by atoms with Crippen molar-refractivity contribution in [3.05, 3.63) is 40.8 Å². The van der Waals surface area contributed by atoms with Crippen molar-refractivity contribution in [1.29, 1.82) is 0 Å². The van der Waals surface area contributed by atoms with Crippen molar-refractivity contribution in [3.8, 4) is 11.6 Å². The summed E-state index contributed by atoms with van der Waals surface area (Å²) < 4.78 is 6.23. The monoisotopic (exact) mass is 309 g/mol. The van der Waals surface area contributed by atoms with Crippen LogP contribution in [0.4, 0.5) is 0 Å². The van der Waals surface area contributed by atoms with Gasteiger partial charge in [-0.05, 0) is 28.1 Å². The highest BCUT2D eigenvalue weighted by atomic mass is 79.9. The molecule has 0 saturated carbocycles. The summed E-state index contributed by atoms with van der Waals surface area (Å²) in [4.78, 5) is 3.94. The Morgan fingerprint density at radius 1 is 1.44 bits per heavy atom. The number of ether oxygens (including phenoxy) is 1. The lowest BCUT2D eigenvalue weighted by Gasteiger charge is -2.07. The fraction of sp³-hybridized carbons (Fsp3) is 0. The predicted molar refractivity (Wildman–Crippen MR) is 66.6 cm³/mol. The number of pyridine rings is 1. The van der Waals surface area contributed by atoms with Gasteiger partial charge in [-0.15, -0.1) is 5.10 Å². The third kappa shape index (κ3) is 2.72. The molecule has 8 heteroatoms. The molecule has 18 heavy (non-hydrogen) atoms. The van der Waals surface area contributed by atoms with Gasteiger partial charge in [-0.3, -0.25) is 4.98 Å². The molecule has 0 aliphatic carbocycles. The summed E-state index contributed by atoms with van der Waals surface area (Å²) in [5.41, 5.74) is 5.85. The second-order valence-electron chi connectivity index (χ2n) is 3.18. The number of oxime groups is 1. The van der Waals surface area contributed by atoms with Gasteiger partial charge in [0, 0.05) is 10.7 Å². The molecule has 0 aliphatic heterocycles. The van der Waals surface area contributed by atoms with Crippen molar-refractivity contribution in [2.45, 2.75) is 0 Å². The molecule has 0 amide bonds. The first-order valence-corrected chi connectivity index (χ1v) is 5.58. The lowest BCUT2D eigenvalue weighted by molar-refractivity contribution is 0.318. The van der Waals surface area contributed by atoms with Crippen LogP contribution in [-0.2, 0) is 0 Å². The van der Waals surface area contributed by atoms with Crippen LogP contribution in [0.25, 0.3) is 0 Å². The van der Waals surface area contributed by atoms with Gasteiger partial charge in [0.05, 0.1) is 18.0 Å². The van der Waals surface area contributed by atoms with Gasteiger partial charge >= 0.3 is 0 Å². The maximum absolute atomic E-state index is 8.66. The van der Waals surface area contributed by atoms with E-state index in [1.54, 1.807) is 12.3 Å². The van der Waals surface area contributed by atoms with Crippen molar-refractivity contribution in [2.24, 2.45) is 10.9 Å². The molecule has 7 nitrogen and oxygen atoms in total. The van der Waals surface area contributed by atoms with E-state index >= 15 is 0 Å². The average Bonchev–Trinajstić information content (AvgIpc) is 2.38. The van der Waals surface area contributed by atoms with Crippen molar-refractivity contribution in [2.75, 3.05) is 0 Å². The normalized spacial score (nSPS) is 11.3. The number of amidine groups is 1. The van der Waals surface area contributed by atoms with E-state index < -0.39 is 0 Å². The van der Waals surface area contributed by atoms with Gasteiger partial charge in [0.2, 0.25) is 5.88 Å². The minimum absolute atomic E-state index is 0.108. The van der Waals surface area contributed by atoms with Crippen LogP contribution in [0.3, 0.4) is 0 Å². The van der Waals surface area contributed by atoms with E-state index in [1.807, 2.05) is 0 Å². The second-order valence-corrected chi connectivity index (χ2v) is 4.09. The van der Waals surface area contributed by atoms with Gasteiger partial charge in [0.1, 0.15) is 5.75 Å². The third-order valence-electron chi connectivity index (χ3n) is 1.96. The molecule has 2 aromatic rings. The van der Waals surface area contributed by atoms with Crippen LogP contribution in [0.1, 0.15) is 5.56 Å². The number of hydrogen-bond acceptors (Lipinski definition) is 6. The predicted octanol–water partition coefficient (Wildman–Crippen LogP) is 1.52. The zero-order valence-corrected chi connectivity index (χ0v) is 10.6. The first-order valence-electron chi connectivity index (χ1n) is 4.78. The van der Waals surface area contributed by atoms with E-state index in [0.29, 0.717) is 11.3 Å². The summed E-state index contributed by atoms with van der Waals surface area (Å²) in [7, 11) is 0. The van der Waals surface area contributed by atoms with Crippen LogP contribution in [0.2, 0.25) is 0 Å². The molecule has 2 heterocycles. The number of aromatic nitrogens is 3. The van der Waals surface area contributed by atoms with Gasteiger partial charge < -0.3 is 15.7 Å². The van der Waals surface area contributed by atoms with Gasteiger partial charge in [-0.25, -0.2) is 0 Å². The second kappa shape index (κ2) is 5.41. The zero-order chi connectivity index (χ0) is 13.0. The minimum atomic E-state index is -0.108. The molecule has 0 fully saturated rings. The Balaban J connectivity index is 2.35. The third-order valence-corrected chi connectivity index (χ3v) is 2.40. The fourth-order valence-electron chi connectivity index (χ4n) is 1.20. The molecule has 92 valence electrons. The van der Waals surface area contributed by atoms with Crippen LogP contribution in [-0.4, -0.2) is 26.2 Å². The Hall–Kier alpha value is -2.22. The molecule has 0 radical (unpaired) electrons. The Bertz CT molecular complexity index is 590. The first-order chi connectivity index (χ1) is 8.70. The summed E-state index contributed by atoms with van der Waals surface area (Å²) in [6, 6.07) is 3.24. The molecule has 0 unspecified atom stereocenters. The van der Waals surface area contributed by atoms with Crippen LogP contribution < -0.4 is 10.5 Å². The maximum atomic E-state index is 8.66. The Kier molecular flexibility index (Phi) is 3.68. The van der Waals surface area contributed by atoms with Crippen molar-refractivity contribution >= 4 is 21.8 Å². The van der Waals surface area contributed by atoms with Gasteiger partial charge in [0.15, 0.2) is 5.84 Å². The highest BCUT2D eigenvalue weighted by Crippen LogP contribution is 2.23. The molecule has 3 N–H and O–H groups in total. The van der Waals surface area contributed by atoms with Crippen LogP contribution >= 0.6 is 15.9 Å². The molecule has 0 aromatic carbocycles. The molecular formula is C10H8BrN5O2. The minimum Gasteiger partial charge on any atom is -0.435 e. The zero-order valence-electron chi connectivity index (χ0n) is 8.99. The summed E-state index contributed by atoms with van der Waals surface area (Å²) in [5.74, 6) is 0.479. The number of hydrogen-bond donors (Lipinski definition) is 2. The topological polar surface area (TPSA) is 107 Å².